The zero-order valence-electron chi connectivity index (χ0n) is 16.1. The van der Waals surface area contributed by atoms with Crippen molar-refractivity contribution >= 4 is 35.0 Å². The normalized spacial score (nSPS) is 13.3. The van der Waals surface area contributed by atoms with Gasteiger partial charge in [0.05, 0.1) is 10.0 Å². The van der Waals surface area contributed by atoms with E-state index in [1.54, 1.807) is 18.3 Å². The van der Waals surface area contributed by atoms with Crippen molar-refractivity contribution in [2.45, 2.75) is 13.2 Å². The van der Waals surface area contributed by atoms with Crippen molar-refractivity contribution < 1.29 is 9.13 Å². The van der Waals surface area contributed by atoms with Crippen LogP contribution >= 0.6 is 23.2 Å². The van der Waals surface area contributed by atoms with E-state index < -0.39 is 5.82 Å². The van der Waals surface area contributed by atoms with Crippen LogP contribution in [0.5, 0.6) is 5.75 Å². The molecule has 1 heterocycles. The first kappa shape index (κ1) is 20.5. The Labute approximate surface area is 185 Å². The van der Waals surface area contributed by atoms with Gasteiger partial charge in [-0.1, -0.05) is 65.7 Å². The Kier molecular flexibility index (Phi) is 6.36. The van der Waals surface area contributed by atoms with E-state index >= 15 is 0 Å². The van der Waals surface area contributed by atoms with Crippen LogP contribution < -0.4 is 4.74 Å². The van der Waals surface area contributed by atoms with Gasteiger partial charge in [0.1, 0.15) is 13.3 Å². The maximum Gasteiger partial charge on any atom is 0.165 e. The summed E-state index contributed by atoms with van der Waals surface area (Å²) in [5.41, 5.74) is 3.57. The minimum absolute atomic E-state index is 0.226. The largest absolute Gasteiger partial charge is 0.486 e. The van der Waals surface area contributed by atoms with Gasteiger partial charge in [0.25, 0.3) is 0 Å². The summed E-state index contributed by atoms with van der Waals surface area (Å²) < 4.78 is 20.2. The molecule has 0 unspecified atom stereocenters. The Morgan fingerprint density at radius 1 is 0.933 bits per heavy atom. The molecular formula is C24H19Cl2FN2O. The highest BCUT2D eigenvalue weighted by Gasteiger charge is 2.12. The predicted molar refractivity (Wildman–Crippen MR) is 121 cm³/mol. The Morgan fingerprint density at radius 3 is 2.53 bits per heavy atom. The van der Waals surface area contributed by atoms with Gasteiger partial charge in [-0.2, -0.15) is 0 Å². The highest BCUT2D eigenvalue weighted by Crippen LogP contribution is 2.26. The molecule has 3 aromatic rings. The molecule has 0 N–H and O–H groups in total. The van der Waals surface area contributed by atoms with Crippen molar-refractivity contribution in [3.05, 3.63) is 105 Å². The summed E-state index contributed by atoms with van der Waals surface area (Å²) >= 11 is 12.1. The molecule has 0 spiro atoms. The molecule has 0 saturated heterocycles. The molecule has 0 atom stereocenters. The summed E-state index contributed by atoms with van der Waals surface area (Å²) in [5, 5.41) is 1.05. The van der Waals surface area contributed by atoms with Gasteiger partial charge >= 0.3 is 0 Å². The first-order valence-electron chi connectivity index (χ1n) is 9.45. The Balaban J connectivity index is 1.46. The molecule has 1 aliphatic rings. The molecular weight excluding hydrogens is 422 g/mol. The van der Waals surface area contributed by atoms with Crippen molar-refractivity contribution in [2.75, 3.05) is 6.67 Å². The fourth-order valence-corrected chi connectivity index (χ4v) is 3.49. The average molecular weight is 441 g/mol. The number of benzene rings is 3. The molecule has 0 saturated carbocycles. The van der Waals surface area contributed by atoms with Crippen LogP contribution in [0, 0.1) is 5.82 Å². The second-order valence-electron chi connectivity index (χ2n) is 6.95. The minimum atomic E-state index is -0.403. The molecule has 152 valence electrons. The van der Waals surface area contributed by atoms with Gasteiger partial charge < -0.3 is 9.64 Å². The smallest absolute Gasteiger partial charge is 0.165 e. The minimum Gasteiger partial charge on any atom is -0.486 e. The lowest BCUT2D eigenvalue weighted by Gasteiger charge is -2.23. The van der Waals surface area contributed by atoms with Gasteiger partial charge in [0, 0.05) is 24.5 Å². The van der Waals surface area contributed by atoms with Gasteiger partial charge in [0.2, 0.25) is 0 Å². The summed E-state index contributed by atoms with van der Waals surface area (Å²) in [6, 6.07) is 20.2. The van der Waals surface area contributed by atoms with E-state index in [4.69, 9.17) is 27.9 Å². The Bertz CT molecular complexity index is 1100. The van der Waals surface area contributed by atoms with E-state index in [0.29, 0.717) is 29.9 Å². The lowest BCUT2D eigenvalue weighted by molar-refractivity contribution is 0.290. The molecule has 0 radical (unpaired) electrons. The highest BCUT2D eigenvalue weighted by atomic mass is 35.5. The zero-order chi connectivity index (χ0) is 20.9. The van der Waals surface area contributed by atoms with Crippen LogP contribution in [-0.2, 0) is 13.2 Å². The Hall–Kier alpha value is -2.82. The second-order valence-corrected chi connectivity index (χ2v) is 7.77. The lowest BCUT2D eigenvalue weighted by atomic mass is 10.1. The molecule has 4 rings (SSSR count). The standard InChI is InChI=1S/C24H19Cl2FN2O/c25-21-8-6-18(10-22(21)26)13-29-14-20(12-28-16-29)19-7-9-24(23(27)11-19)30-15-17-4-2-1-3-5-17/h1-12,14H,13,15-16H2. The van der Waals surface area contributed by atoms with E-state index in [2.05, 4.69) is 4.99 Å². The van der Waals surface area contributed by atoms with Gasteiger partial charge in [-0.15, -0.1) is 0 Å². The maximum absolute atomic E-state index is 14.6. The summed E-state index contributed by atoms with van der Waals surface area (Å²) in [7, 11) is 0. The first-order valence-corrected chi connectivity index (χ1v) is 10.2. The molecule has 0 aromatic heterocycles. The number of nitrogens with zero attached hydrogens (tertiary/aromatic N) is 2. The number of rotatable bonds is 6. The molecule has 0 fully saturated rings. The highest BCUT2D eigenvalue weighted by molar-refractivity contribution is 6.42. The number of halogens is 3. The number of hydrogen-bond acceptors (Lipinski definition) is 3. The SMILES string of the molecule is Fc1cc(C2=CN(Cc3ccc(Cl)c(Cl)c3)CN=C2)ccc1OCc1ccccc1. The van der Waals surface area contributed by atoms with E-state index in [1.807, 2.05) is 59.6 Å². The predicted octanol–water partition coefficient (Wildman–Crippen LogP) is 6.60. The van der Waals surface area contributed by atoms with Crippen LogP contribution in [0.15, 0.2) is 77.9 Å². The van der Waals surface area contributed by atoms with Crippen molar-refractivity contribution in [1.82, 2.24) is 4.90 Å². The third-order valence-electron chi connectivity index (χ3n) is 4.69. The average Bonchev–Trinajstić information content (AvgIpc) is 2.76. The van der Waals surface area contributed by atoms with Crippen molar-refractivity contribution in [3.63, 3.8) is 0 Å². The third-order valence-corrected chi connectivity index (χ3v) is 5.43. The van der Waals surface area contributed by atoms with E-state index in [-0.39, 0.29) is 5.75 Å². The summed E-state index contributed by atoms with van der Waals surface area (Å²) in [4.78, 5) is 6.43. The van der Waals surface area contributed by atoms with Gasteiger partial charge in [-0.25, -0.2) is 4.39 Å². The van der Waals surface area contributed by atoms with Gasteiger partial charge in [0.15, 0.2) is 11.6 Å². The maximum atomic E-state index is 14.6. The quantitative estimate of drug-likeness (QED) is 0.431. The van der Waals surface area contributed by atoms with Crippen LogP contribution in [0.2, 0.25) is 10.0 Å². The van der Waals surface area contributed by atoms with Crippen LogP contribution in [0.4, 0.5) is 4.39 Å². The molecule has 6 heteroatoms. The van der Waals surface area contributed by atoms with Crippen molar-refractivity contribution in [1.29, 1.82) is 0 Å². The molecule has 1 aliphatic heterocycles. The molecule has 0 aliphatic carbocycles. The number of aliphatic imine (C=N–C) groups is 1. The molecule has 0 amide bonds. The number of hydrogen-bond donors (Lipinski definition) is 0. The monoisotopic (exact) mass is 440 g/mol. The molecule has 3 nitrogen and oxygen atoms in total. The van der Waals surface area contributed by atoms with Crippen LogP contribution in [0.3, 0.4) is 0 Å². The number of allylic oxidation sites excluding steroid dienone is 1. The number of ether oxygens (including phenoxy) is 1. The second kappa shape index (κ2) is 9.33. The van der Waals surface area contributed by atoms with E-state index in [0.717, 1.165) is 22.3 Å². The fourth-order valence-electron chi connectivity index (χ4n) is 3.16. The Morgan fingerprint density at radius 2 is 1.77 bits per heavy atom. The molecule has 0 bridgehead atoms. The molecule has 30 heavy (non-hydrogen) atoms. The topological polar surface area (TPSA) is 24.8 Å². The van der Waals surface area contributed by atoms with Crippen molar-refractivity contribution in [3.8, 4) is 5.75 Å². The lowest BCUT2D eigenvalue weighted by Crippen LogP contribution is -2.20. The summed E-state index contributed by atoms with van der Waals surface area (Å²) in [6.45, 7) is 1.46. The van der Waals surface area contributed by atoms with E-state index in [9.17, 15) is 4.39 Å². The zero-order valence-corrected chi connectivity index (χ0v) is 17.6. The van der Waals surface area contributed by atoms with Crippen LogP contribution in [0.1, 0.15) is 16.7 Å². The van der Waals surface area contributed by atoms with Crippen LogP contribution in [0.25, 0.3) is 5.57 Å². The van der Waals surface area contributed by atoms with Crippen LogP contribution in [-0.4, -0.2) is 17.8 Å². The van der Waals surface area contributed by atoms with Gasteiger partial charge in [-0.05, 0) is 41.0 Å². The summed E-state index contributed by atoms with van der Waals surface area (Å²) in [6.07, 6.45) is 3.72. The summed E-state index contributed by atoms with van der Waals surface area (Å²) in [5.74, 6) is -0.178. The van der Waals surface area contributed by atoms with E-state index in [1.165, 1.54) is 6.07 Å². The fraction of sp³-hybridized carbons (Fsp3) is 0.125. The third kappa shape index (κ3) is 5.02. The molecule has 3 aromatic carbocycles. The van der Waals surface area contributed by atoms with Gasteiger partial charge in [-0.3, -0.25) is 4.99 Å². The van der Waals surface area contributed by atoms with Crippen molar-refractivity contribution in [2.24, 2.45) is 4.99 Å². The first-order chi connectivity index (χ1) is 14.6.